The standard InChI is InChI=1S/C12H12BrN3O4/c1-7(20-9-5-3-2-4-8(9)13)11(18)15-16-6-10(17)14-12(16)19/h2-5,7H,6H2,1H3,(H,15,18)(H,14,17,19)/t7-/m1/s1. The molecule has 1 aromatic rings. The summed E-state index contributed by atoms with van der Waals surface area (Å²) in [5.74, 6) is -0.475. The number of amides is 4. The lowest BCUT2D eigenvalue weighted by Gasteiger charge is -2.19. The van der Waals surface area contributed by atoms with E-state index >= 15 is 0 Å². The SMILES string of the molecule is C[C@@H](Oc1ccccc1Br)C(=O)NN1CC(=O)NC1=O. The van der Waals surface area contributed by atoms with Crippen molar-refractivity contribution in [2.75, 3.05) is 6.54 Å². The van der Waals surface area contributed by atoms with Crippen LogP contribution in [0.2, 0.25) is 0 Å². The van der Waals surface area contributed by atoms with Crippen molar-refractivity contribution >= 4 is 33.8 Å². The van der Waals surface area contributed by atoms with Crippen LogP contribution in [0, 0.1) is 0 Å². The highest BCUT2D eigenvalue weighted by Gasteiger charge is 2.29. The minimum atomic E-state index is -0.822. The number of para-hydroxylation sites is 1. The molecule has 0 radical (unpaired) electrons. The number of carbonyl (C=O) groups excluding carboxylic acids is 3. The molecule has 20 heavy (non-hydrogen) atoms. The van der Waals surface area contributed by atoms with Gasteiger partial charge in [-0.3, -0.25) is 20.3 Å². The molecule has 0 aliphatic carbocycles. The molecular weight excluding hydrogens is 330 g/mol. The molecule has 1 heterocycles. The number of carbonyl (C=O) groups is 3. The molecule has 0 bridgehead atoms. The molecular formula is C12H12BrN3O4. The van der Waals surface area contributed by atoms with E-state index in [1.807, 2.05) is 6.07 Å². The van der Waals surface area contributed by atoms with Gasteiger partial charge >= 0.3 is 6.03 Å². The third kappa shape index (κ3) is 3.27. The Labute approximate surface area is 123 Å². The predicted octanol–water partition coefficient (Wildman–Crippen LogP) is 0.799. The summed E-state index contributed by atoms with van der Waals surface area (Å²) in [6.07, 6.45) is -0.822. The minimum absolute atomic E-state index is 0.202. The zero-order valence-electron chi connectivity index (χ0n) is 10.6. The van der Waals surface area contributed by atoms with Crippen LogP contribution in [0.25, 0.3) is 0 Å². The lowest BCUT2D eigenvalue weighted by Crippen LogP contribution is -2.48. The quantitative estimate of drug-likeness (QED) is 0.793. The van der Waals surface area contributed by atoms with Crippen LogP contribution >= 0.6 is 15.9 Å². The van der Waals surface area contributed by atoms with Gasteiger partial charge < -0.3 is 4.74 Å². The van der Waals surface area contributed by atoms with Gasteiger partial charge in [0.2, 0.25) is 5.91 Å². The van der Waals surface area contributed by atoms with E-state index in [1.165, 1.54) is 0 Å². The summed E-state index contributed by atoms with van der Waals surface area (Å²) in [5.41, 5.74) is 2.32. The van der Waals surface area contributed by atoms with Crippen molar-refractivity contribution in [2.24, 2.45) is 0 Å². The molecule has 4 amide bonds. The largest absolute Gasteiger partial charge is 0.480 e. The third-order valence-corrected chi connectivity index (χ3v) is 3.20. The number of halogens is 1. The number of rotatable bonds is 4. The highest BCUT2D eigenvalue weighted by molar-refractivity contribution is 9.10. The average molecular weight is 342 g/mol. The van der Waals surface area contributed by atoms with Crippen LogP contribution in [0.1, 0.15) is 6.92 Å². The highest BCUT2D eigenvalue weighted by Crippen LogP contribution is 2.24. The minimum Gasteiger partial charge on any atom is -0.480 e. The van der Waals surface area contributed by atoms with Crippen LogP contribution in [0.15, 0.2) is 28.7 Å². The summed E-state index contributed by atoms with van der Waals surface area (Å²) >= 11 is 3.30. The number of urea groups is 1. The monoisotopic (exact) mass is 341 g/mol. The second-order valence-electron chi connectivity index (χ2n) is 4.11. The Balaban J connectivity index is 1.94. The molecule has 1 aromatic carbocycles. The molecule has 1 saturated heterocycles. The van der Waals surface area contributed by atoms with Gasteiger partial charge in [0.15, 0.2) is 6.10 Å². The van der Waals surface area contributed by atoms with Crippen LogP contribution in [0.3, 0.4) is 0 Å². The van der Waals surface area contributed by atoms with E-state index in [0.717, 1.165) is 5.01 Å². The van der Waals surface area contributed by atoms with Gasteiger partial charge in [0.05, 0.1) is 4.47 Å². The van der Waals surface area contributed by atoms with E-state index in [9.17, 15) is 14.4 Å². The molecule has 2 rings (SSSR count). The van der Waals surface area contributed by atoms with Gasteiger partial charge in [0.1, 0.15) is 12.3 Å². The summed E-state index contributed by atoms with van der Waals surface area (Å²) in [5, 5.41) is 2.96. The van der Waals surface area contributed by atoms with E-state index < -0.39 is 23.9 Å². The Hall–Kier alpha value is -2.09. The van der Waals surface area contributed by atoms with Gasteiger partial charge in [-0.15, -0.1) is 0 Å². The van der Waals surface area contributed by atoms with Gasteiger partial charge in [-0.05, 0) is 35.0 Å². The summed E-state index contributed by atoms with van der Waals surface area (Å²) in [4.78, 5) is 34.2. The maximum absolute atomic E-state index is 11.9. The lowest BCUT2D eigenvalue weighted by atomic mass is 10.3. The van der Waals surface area contributed by atoms with Crippen molar-refractivity contribution in [1.82, 2.24) is 15.8 Å². The molecule has 8 heteroatoms. The van der Waals surface area contributed by atoms with Gasteiger partial charge in [0, 0.05) is 0 Å². The first-order valence-corrected chi connectivity index (χ1v) is 6.59. The molecule has 1 atom stereocenters. The number of nitrogens with one attached hydrogen (secondary N) is 2. The molecule has 1 fully saturated rings. The number of hydrogen-bond acceptors (Lipinski definition) is 4. The second kappa shape index (κ2) is 5.91. The first-order valence-electron chi connectivity index (χ1n) is 5.80. The van der Waals surface area contributed by atoms with Crippen molar-refractivity contribution < 1.29 is 19.1 Å². The topological polar surface area (TPSA) is 87.7 Å². The summed E-state index contributed by atoms with van der Waals surface area (Å²) in [7, 11) is 0. The van der Waals surface area contributed by atoms with Gasteiger partial charge in [-0.1, -0.05) is 12.1 Å². The van der Waals surface area contributed by atoms with Crippen molar-refractivity contribution in [3.05, 3.63) is 28.7 Å². The number of nitrogens with zero attached hydrogens (tertiary/aromatic N) is 1. The number of benzene rings is 1. The van der Waals surface area contributed by atoms with Crippen molar-refractivity contribution in [1.29, 1.82) is 0 Å². The van der Waals surface area contributed by atoms with Gasteiger partial charge in [-0.2, -0.15) is 0 Å². The average Bonchev–Trinajstić information content (AvgIpc) is 2.70. The number of hydrazine groups is 1. The highest BCUT2D eigenvalue weighted by atomic mass is 79.9. The summed E-state index contributed by atoms with van der Waals surface area (Å²) < 4.78 is 6.19. The van der Waals surface area contributed by atoms with Crippen molar-refractivity contribution in [2.45, 2.75) is 13.0 Å². The molecule has 106 valence electrons. The Morgan fingerprint density at radius 2 is 2.15 bits per heavy atom. The molecule has 1 aliphatic rings. The second-order valence-corrected chi connectivity index (χ2v) is 4.96. The molecule has 2 N–H and O–H groups in total. The van der Waals surface area contributed by atoms with Crippen molar-refractivity contribution in [3.8, 4) is 5.75 Å². The Morgan fingerprint density at radius 1 is 1.45 bits per heavy atom. The fourth-order valence-electron chi connectivity index (χ4n) is 1.54. The molecule has 0 unspecified atom stereocenters. The van der Waals surface area contributed by atoms with Crippen LogP contribution in [-0.2, 0) is 9.59 Å². The lowest BCUT2D eigenvalue weighted by molar-refractivity contribution is -0.131. The van der Waals surface area contributed by atoms with Crippen LogP contribution < -0.4 is 15.5 Å². The summed E-state index contributed by atoms with van der Waals surface area (Å²) in [6.45, 7) is 1.34. The Bertz CT molecular complexity index is 563. The maximum atomic E-state index is 11.9. The third-order valence-electron chi connectivity index (χ3n) is 2.55. The first-order chi connectivity index (χ1) is 9.47. The fraction of sp³-hybridized carbons (Fsp3) is 0.250. The molecule has 0 spiro atoms. The number of hydrogen-bond donors (Lipinski definition) is 2. The zero-order valence-corrected chi connectivity index (χ0v) is 12.1. The molecule has 1 aliphatic heterocycles. The number of imide groups is 1. The fourth-order valence-corrected chi connectivity index (χ4v) is 1.92. The maximum Gasteiger partial charge on any atom is 0.343 e. The normalized spacial score (nSPS) is 15.8. The molecule has 0 aromatic heterocycles. The smallest absolute Gasteiger partial charge is 0.343 e. The van der Waals surface area contributed by atoms with Gasteiger partial charge in [-0.25, -0.2) is 9.80 Å². The van der Waals surface area contributed by atoms with E-state index in [0.29, 0.717) is 10.2 Å². The van der Waals surface area contributed by atoms with Crippen LogP contribution in [0.4, 0.5) is 4.79 Å². The van der Waals surface area contributed by atoms with Crippen LogP contribution in [-0.4, -0.2) is 35.5 Å². The number of ether oxygens (including phenoxy) is 1. The molecule has 0 saturated carbocycles. The first kappa shape index (κ1) is 14.3. The zero-order chi connectivity index (χ0) is 14.7. The summed E-state index contributed by atoms with van der Waals surface area (Å²) in [6, 6.07) is 6.43. The Kier molecular flexibility index (Phi) is 4.23. The Morgan fingerprint density at radius 3 is 2.75 bits per heavy atom. The van der Waals surface area contributed by atoms with E-state index in [2.05, 4.69) is 26.7 Å². The van der Waals surface area contributed by atoms with E-state index in [-0.39, 0.29) is 6.54 Å². The van der Waals surface area contributed by atoms with E-state index in [4.69, 9.17) is 4.74 Å². The predicted molar refractivity (Wildman–Crippen MR) is 72.6 cm³/mol. The van der Waals surface area contributed by atoms with Crippen LogP contribution in [0.5, 0.6) is 5.75 Å². The van der Waals surface area contributed by atoms with E-state index in [1.54, 1.807) is 25.1 Å². The molecule has 7 nitrogen and oxygen atoms in total. The van der Waals surface area contributed by atoms with Gasteiger partial charge in [0.25, 0.3) is 5.91 Å². The van der Waals surface area contributed by atoms with Crippen molar-refractivity contribution in [3.63, 3.8) is 0 Å².